The van der Waals surface area contributed by atoms with Crippen LogP contribution in [0, 0.1) is 5.82 Å². The zero-order valence-electron chi connectivity index (χ0n) is 14.2. The number of nitrogens with two attached hydrogens (primary N) is 1. The van der Waals surface area contributed by atoms with Crippen molar-refractivity contribution < 1.29 is 26.0 Å². The number of hydrogen-bond donors (Lipinski definition) is 1. The van der Waals surface area contributed by atoms with Gasteiger partial charge in [0.1, 0.15) is 16.5 Å². The van der Waals surface area contributed by atoms with E-state index in [1.807, 2.05) is 0 Å². The van der Waals surface area contributed by atoms with E-state index in [0.29, 0.717) is 15.6 Å². The van der Waals surface area contributed by atoms with E-state index in [0.717, 1.165) is 30.0 Å². The molecule has 1 aromatic heterocycles. The first kappa shape index (κ1) is 20.0. The van der Waals surface area contributed by atoms with E-state index in [9.17, 15) is 21.6 Å². The molecule has 0 radical (unpaired) electrons. The van der Waals surface area contributed by atoms with E-state index < -0.39 is 37.7 Å². The van der Waals surface area contributed by atoms with Gasteiger partial charge in [0.05, 0.1) is 23.2 Å². The molecule has 146 valence electrons. The third-order valence-corrected chi connectivity index (χ3v) is 5.34. The van der Waals surface area contributed by atoms with Crippen LogP contribution in [0.4, 0.5) is 10.1 Å². The molecule has 0 saturated carbocycles. The van der Waals surface area contributed by atoms with Crippen molar-refractivity contribution in [1.29, 1.82) is 0 Å². The summed E-state index contributed by atoms with van der Waals surface area (Å²) in [4.78, 5) is -0.518. The highest BCUT2D eigenvalue weighted by Crippen LogP contribution is 2.27. The second-order valence-electron chi connectivity index (χ2n) is 5.62. The smallest absolute Gasteiger partial charge is 0.240 e. The number of sulfonamides is 1. The zero-order valence-corrected chi connectivity index (χ0v) is 15.8. The minimum Gasteiger partial charge on any atom is -0.755 e. The molecule has 7 nitrogen and oxygen atoms in total. The van der Waals surface area contributed by atoms with Crippen molar-refractivity contribution in [2.75, 3.05) is 4.31 Å². The predicted molar refractivity (Wildman–Crippen MR) is 102 cm³/mol. The molecule has 2 N–H and O–H groups in total. The maximum absolute atomic E-state index is 13.6. The molecule has 0 aliphatic heterocycles. The molecule has 1 heterocycles. The Labute approximate surface area is 163 Å². The van der Waals surface area contributed by atoms with Gasteiger partial charge in [0.15, 0.2) is 0 Å². The van der Waals surface area contributed by atoms with Crippen molar-refractivity contribution in [3.05, 3.63) is 78.4 Å². The monoisotopic (exact) mass is 421 g/mol. The lowest BCUT2D eigenvalue weighted by Gasteiger charge is -2.24. The van der Waals surface area contributed by atoms with Gasteiger partial charge in [0.2, 0.25) is 10.0 Å². The van der Waals surface area contributed by atoms with Gasteiger partial charge in [0.25, 0.3) is 0 Å². The lowest BCUT2D eigenvalue weighted by Crippen LogP contribution is -2.23. The average Bonchev–Trinajstić information content (AvgIpc) is 3.16. The average molecular weight is 421 g/mol. The molecule has 28 heavy (non-hydrogen) atoms. The Balaban J connectivity index is 1.94. The van der Waals surface area contributed by atoms with Gasteiger partial charge in [-0.1, -0.05) is 24.3 Å². The predicted octanol–water partition coefficient (Wildman–Crippen LogP) is 3.00. The molecule has 1 unspecified atom stereocenters. The van der Waals surface area contributed by atoms with Gasteiger partial charge >= 0.3 is 0 Å². The first-order valence-electron chi connectivity index (χ1n) is 7.79. The minimum absolute atomic E-state index is 0.417. The van der Waals surface area contributed by atoms with Crippen LogP contribution in [0.3, 0.4) is 0 Å². The Morgan fingerprint density at radius 3 is 2.43 bits per heavy atom. The Kier molecular flexibility index (Phi) is 5.75. The highest BCUT2D eigenvalue weighted by atomic mass is 32.2. The van der Waals surface area contributed by atoms with Crippen molar-refractivity contribution in [2.45, 2.75) is 4.90 Å². The van der Waals surface area contributed by atoms with Crippen LogP contribution in [0.25, 0.3) is 17.4 Å². The summed E-state index contributed by atoms with van der Waals surface area (Å²) in [5.41, 5.74) is 1.03. The highest BCUT2D eigenvalue weighted by Gasteiger charge is 2.19. The molecule has 0 amide bonds. The molecule has 0 spiro atoms. The lowest BCUT2D eigenvalue weighted by molar-refractivity contribution is 0.536. The SMILES string of the molecule is NS(=O)(=O)c1ccc(F)cc1N(C=Cc1ccc(-c2ccco2)cc1)S(=O)[O-]. The van der Waals surface area contributed by atoms with Crippen molar-refractivity contribution in [3.63, 3.8) is 0 Å². The van der Waals surface area contributed by atoms with E-state index in [1.165, 1.54) is 6.08 Å². The molecule has 3 aromatic rings. The fraction of sp³-hybridized carbons (Fsp3) is 0. The molecule has 0 saturated heterocycles. The zero-order chi connectivity index (χ0) is 20.3. The Morgan fingerprint density at radius 2 is 1.86 bits per heavy atom. The summed E-state index contributed by atoms with van der Waals surface area (Å²) in [6.07, 6.45) is 4.08. The first-order valence-corrected chi connectivity index (χ1v) is 10.4. The second kappa shape index (κ2) is 8.07. The summed E-state index contributed by atoms with van der Waals surface area (Å²) in [5.74, 6) is -0.135. The lowest BCUT2D eigenvalue weighted by atomic mass is 10.1. The first-order chi connectivity index (χ1) is 13.3. The molecule has 10 heteroatoms. The van der Waals surface area contributed by atoms with Gasteiger partial charge < -0.3 is 8.97 Å². The van der Waals surface area contributed by atoms with E-state index in [2.05, 4.69) is 0 Å². The summed E-state index contributed by atoms with van der Waals surface area (Å²) >= 11 is -2.92. The number of rotatable bonds is 6. The maximum Gasteiger partial charge on any atom is 0.240 e. The summed E-state index contributed by atoms with van der Waals surface area (Å²) in [7, 11) is -4.27. The van der Waals surface area contributed by atoms with Crippen molar-refractivity contribution in [2.24, 2.45) is 5.14 Å². The van der Waals surface area contributed by atoms with Crippen molar-refractivity contribution in [1.82, 2.24) is 0 Å². The third-order valence-electron chi connectivity index (χ3n) is 3.74. The van der Waals surface area contributed by atoms with Gasteiger partial charge in [-0.25, -0.2) is 17.9 Å². The van der Waals surface area contributed by atoms with Gasteiger partial charge in [-0.05, 0) is 42.0 Å². The third kappa shape index (κ3) is 4.54. The molecule has 3 rings (SSSR count). The van der Waals surface area contributed by atoms with Crippen LogP contribution in [-0.4, -0.2) is 17.2 Å². The van der Waals surface area contributed by atoms with E-state index >= 15 is 0 Å². The number of furan rings is 1. The van der Waals surface area contributed by atoms with Crippen LogP contribution in [0.15, 0.2) is 76.4 Å². The molecular formula is C18H14FN2O5S2-. The molecule has 0 fully saturated rings. The van der Waals surface area contributed by atoms with Crippen LogP contribution in [0.2, 0.25) is 0 Å². The minimum atomic E-state index is -4.27. The number of anilines is 1. The van der Waals surface area contributed by atoms with E-state index in [4.69, 9.17) is 9.56 Å². The Hall–Kier alpha value is -2.79. The fourth-order valence-corrected chi connectivity index (χ4v) is 3.70. The van der Waals surface area contributed by atoms with Gasteiger partial charge in [-0.3, -0.25) is 8.51 Å². The number of benzene rings is 2. The maximum atomic E-state index is 13.6. The molecule has 0 bridgehead atoms. The van der Waals surface area contributed by atoms with Gasteiger partial charge in [-0.2, -0.15) is 0 Å². The quantitative estimate of drug-likeness (QED) is 0.614. The Bertz CT molecular complexity index is 1130. The summed E-state index contributed by atoms with van der Waals surface area (Å²) in [6, 6.07) is 13.1. The van der Waals surface area contributed by atoms with Crippen molar-refractivity contribution in [3.8, 4) is 11.3 Å². The number of primary sulfonamides is 1. The summed E-state index contributed by atoms with van der Waals surface area (Å²) in [6.45, 7) is 0. The molecule has 0 aliphatic carbocycles. The number of nitrogens with zero attached hydrogens (tertiary/aromatic N) is 1. The van der Waals surface area contributed by atoms with Crippen molar-refractivity contribution >= 4 is 33.1 Å². The molecule has 0 aliphatic rings. The fourth-order valence-electron chi connectivity index (χ4n) is 2.47. The standard InChI is InChI=1S/C18H15FN2O5S2/c19-15-7-8-18(28(20,24)25)16(12-15)21(27(22)23)10-9-13-3-5-14(6-4-13)17-2-1-11-26-17/h1-12H,(H,22,23)(H2,20,24,25)/p-1. The van der Waals surface area contributed by atoms with Crippen LogP contribution < -0.4 is 9.44 Å². The molecule has 2 aromatic carbocycles. The normalized spacial score (nSPS) is 13.0. The second-order valence-corrected chi connectivity index (χ2v) is 7.97. The highest BCUT2D eigenvalue weighted by molar-refractivity contribution is 7.89. The molecule has 1 atom stereocenters. The van der Waals surface area contributed by atoms with Crippen LogP contribution >= 0.6 is 0 Å². The topological polar surface area (TPSA) is 117 Å². The van der Waals surface area contributed by atoms with Gasteiger partial charge in [-0.15, -0.1) is 0 Å². The van der Waals surface area contributed by atoms with Crippen LogP contribution in [0.1, 0.15) is 5.56 Å². The van der Waals surface area contributed by atoms with Crippen LogP contribution in [0.5, 0.6) is 0 Å². The summed E-state index contributed by atoms with van der Waals surface area (Å²) < 4.78 is 66.2. The van der Waals surface area contributed by atoms with Crippen LogP contribution in [-0.2, 0) is 21.3 Å². The van der Waals surface area contributed by atoms with E-state index in [1.54, 1.807) is 42.7 Å². The summed E-state index contributed by atoms with van der Waals surface area (Å²) in [5, 5.41) is 5.11. The number of halogens is 1. The molecular weight excluding hydrogens is 407 g/mol. The van der Waals surface area contributed by atoms with Gasteiger partial charge in [0, 0.05) is 11.8 Å². The Morgan fingerprint density at radius 1 is 1.14 bits per heavy atom. The largest absolute Gasteiger partial charge is 0.755 e. The van der Waals surface area contributed by atoms with E-state index in [-0.39, 0.29) is 0 Å². The number of hydrogen-bond acceptors (Lipinski definition) is 5.